The highest BCUT2D eigenvalue weighted by atomic mass is 35.5. The van der Waals surface area contributed by atoms with Gasteiger partial charge < -0.3 is 9.72 Å². The van der Waals surface area contributed by atoms with Crippen LogP contribution >= 0.6 is 11.6 Å². The van der Waals surface area contributed by atoms with E-state index in [9.17, 15) is 4.79 Å². The number of halogens is 1. The number of ether oxygens (including phenoxy) is 1. The minimum atomic E-state index is -0.127. The summed E-state index contributed by atoms with van der Waals surface area (Å²) in [4.78, 5) is 19.8. The molecule has 0 aliphatic rings. The third kappa shape index (κ3) is 2.04. The number of nitrogens with zero attached hydrogens (tertiary/aromatic N) is 1. The number of hydrogen-bond donors (Lipinski definition) is 1. The van der Waals surface area contributed by atoms with Crippen LogP contribution in [0.1, 0.15) is 15.9 Å². The molecule has 2 heterocycles. The van der Waals surface area contributed by atoms with Crippen molar-refractivity contribution in [3.63, 3.8) is 0 Å². The van der Waals surface area contributed by atoms with E-state index < -0.39 is 0 Å². The average molecular weight is 287 g/mol. The minimum Gasteiger partial charge on any atom is -0.496 e. The number of rotatable bonds is 3. The minimum absolute atomic E-state index is 0.127. The van der Waals surface area contributed by atoms with Gasteiger partial charge in [0.2, 0.25) is 0 Å². The molecule has 0 atom stereocenters. The van der Waals surface area contributed by atoms with Gasteiger partial charge in [-0.3, -0.25) is 9.78 Å². The fraction of sp³-hybridized carbons (Fsp3) is 0.0667. The monoisotopic (exact) mass is 286 g/mol. The predicted molar refractivity (Wildman–Crippen MR) is 77.5 cm³/mol. The normalized spacial score (nSPS) is 10.7. The second-order valence-electron chi connectivity index (χ2n) is 4.30. The van der Waals surface area contributed by atoms with Crippen LogP contribution in [0.4, 0.5) is 0 Å². The van der Waals surface area contributed by atoms with Crippen LogP contribution in [-0.4, -0.2) is 22.9 Å². The van der Waals surface area contributed by atoms with Gasteiger partial charge in [0, 0.05) is 40.1 Å². The van der Waals surface area contributed by atoms with E-state index in [0.29, 0.717) is 21.9 Å². The summed E-state index contributed by atoms with van der Waals surface area (Å²) in [5.41, 5.74) is 1.91. The molecule has 0 saturated heterocycles. The lowest BCUT2D eigenvalue weighted by molar-refractivity contribution is 0.103. The van der Waals surface area contributed by atoms with E-state index >= 15 is 0 Å². The Morgan fingerprint density at radius 2 is 2.15 bits per heavy atom. The zero-order valence-electron chi connectivity index (χ0n) is 10.7. The summed E-state index contributed by atoms with van der Waals surface area (Å²) >= 11 is 5.91. The van der Waals surface area contributed by atoms with Gasteiger partial charge in [-0.05, 0) is 24.3 Å². The molecule has 1 N–H and O–H groups in total. The molecule has 0 spiro atoms. The third-order valence-electron chi connectivity index (χ3n) is 3.14. The van der Waals surface area contributed by atoms with E-state index in [1.165, 1.54) is 7.11 Å². The van der Waals surface area contributed by atoms with E-state index in [-0.39, 0.29) is 5.78 Å². The molecule has 0 amide bonds. The number of methoxy groups -OCH3 is 1. The van der Waals surface area contributed by atoms with Crippen LogP contribution in [0.15, 0.2) is 42.9 Å². The first kappa shape index (κ1) is 12.7. The van der Waals surface area contributed by atoms with E-state index in [1.54, 1.807) is 36.8 Å². The number of aromatic nitrogens is 2. The highest BCUT2D eigenvalue weighted by Crippen LogP contribution is 2.27. The topological polar surface area (TPSA) is 55.0 Å². The van der Waals surface area contributed by atoms with E-state index in [0.717, 1.165) is 10.9 Å². The fourth-order valence-corrected chi connectivity index (χ4v) is 2.31. The van der Waals surface area contributed by atoms with E-state index in [4.69, 9.17) is 16.3 Å². The Kier molecular flexibility index (Phi) is 3.16. The van der Waals surface area contributed by atoms with Gasteiger partial charge in [-0.25, -0.2) is 0 Å². The molecule has 0 fully saturated rings. The molecule has 0 saturated carbocycles. The quantitative estimate of drug-likeness (QED) is 0.750. The van der Waals surface area contributed by atoms with Gasteiger partial charge in [-0.15, -0.1) is 0 Å². The number of carbonyl (C=O) groups is 1. The largest absolute Gasteiger partial charge is 0.496 e. The molecule has 5 heteroatoms. The maximum absolute atomic E-state index is 12.6. The number of pyridine rings is 1. The summed E-state index contributed by atoms with van der Waals surface area (Å²) in [6, 6.07) is 6.79. The Balaban J connectivity index is 2.13. The molecule has 0 bridgehead atoms. The lowest BCUT2D eigenvalue weighted by Crippen LogP contribution is -2.03. The predicted octanol–water partition coefficient (Wildman–Crippen LogP) is 3.46. The summed E-state index contributed by atoms with van der Waals surface area (Å²) in [5.74, 6) is 0.332. The van der Waals surface area contributed by atoms with Crippen molar-refractivity contribution in [2.75, 3.05) is 7.11 Å². The summed E-state index contributed by atoms with van der Waals surface area (Å²) in [6.45, 7) is 0. The van der Waals surface area contributed by atoms with Gasteiger partial charge in [-0.2, -0.15) is 0 Å². The average Bonchev–Trinajstić information content (AvgIpc) is 2.90. The lowest BCUT2D eigenvalue weighted by Gasteiger charge is -2.07. The number of hydrogen-bond acceptors (Lipinski definition) is 3. The Bertz CT molecular complexity index is 795. The highest BCUT2D eigenvalue weighted by molar-refractivity contribution is 6.31. The Labute approximate surface area is 120 Å². The van der Waals surface area contributed by atoms with Crippen molar-refractivity contribution in [3.8, 4) is 5.75 Å². The summed E-state index contributed by atoms with van der Waals surface area (Å²) in [6.07, 6.45) is 5.03. The first-order valence-electron chi connectivity index (χ1n) is 6.00. The molecule has 0 unspecified atom stereocenters. The van der Waals surface area contributed by atoms with Crippen LogP contribution in [0.2, 0.25) is 5.02 Å². The second-order valence-corrected chi connectivity index (χ2v) is 4.73. The van der Waals surface area contributed by atoms with Crippen LogP contribution in [0.25, 0.3) is 10.9 Å². The number of carbonyl (C=O) groups excluding carboxylic acids is 1. The molecular weight excluding hydrogens is 276 g/mol. The van der Waals surface area contributed by atoms with Gasteiger partial charge in [0.05, 0.1) is 12.7 Å². The van der Waals surface area contributed by atoms with Crippen molar-refractivity contribution in [3.05, 3.63) is 59.0 Å². The van der Waals surface area contributed by atoms with E-state index in [2.05, 4.69) is 9.97 Å². The van der Waals surface area contributed by atoms with Crippen LogP contribution in [-0.2, 0) is 0 Å². The molecule has 3 aromatic rings. The molecule has 20 heavy (non-hydrogen) atoms. The maximum atomic E-state index is 12.6. The number of ketones is 1. The first-order valence-corrected chi connectivity index (χ1v) is 6.38. The SMILES string of the molecule is COc1cc(Cl)ccc1C(=O)c1c[nH]c2ccncc12. The number of nitrogens with one attached hydrogen (secondary N) is 1. The lowest BCUT2D eigenvalue weighted by atomic mass is 10.0. The molecule has 100 valence electrons. The summed E-state index contributed by atoms with van der Waals surface area (Å²) in [5, 5.41) is 1.31. The number of aromatic amines is 1. The fourth-order valence-electron chi connectivity index (χ4n) is 2.15. The summed E-state index contributed by atoms with van der Waals surface area (Å²) < 4.78 is 5.23. The van der Waals surface area contributed by atoms with Gasteiger partial charge in [0.1, 0.15) is 5.75 Å². The van der Waals surface area contributed by atoms with Gasteiger partial charge in [0.25, 0.3) is 0 Å². The molecule has 0 radical (unpaired) electrons. The molecule has 1 aromatic carbocycles. The smallest absolute Gasteiger partial charge is 0.198 e. The molecule has 0 aliphatic heterocycles. The van der Waals surface area contributed by atoms with Gasteiger partial charge >= 0.3 is 0 Å². The van der Waals surface area contributed by atoms with E-state index in [1.807, 2.05) is 6.07 Å². The first-order chi connectivity index (χ1) is 9.70. The van der Waals surface area contributed by atoms with Crippen LogP contribution < -0.4 is 4.74 Å². The van der Waals surface area contributed by atoms with Crippen molar-refractivity contribution < 1.29 is 9.53 Å². The number of H-pyrrole nitrogens is 1. The van der Waals surface area contributed by atoms with Crippen LogP contribution in [0, 0.1) is 0 Å². The molecule has 2 aromatic heterocycles. The zero-order valence-corrected chi connectivity index (χ0v) is 11.4. The number of fused-ring (bicyclic) bond motifs is 1. The van der Waals surface area contributed by atoms with Crippen molar-refractivity contribution in [1.29, 1.82) is 0 Å². The Morgan fingerprint density at radius 3 is 2.95 bits per heavy atom. The van der Waals surface area contributed by atoms with Gasteiger partial charge in [0.15, 0.2) is 5.78 Å². The Morgan fingerprint density at radius 1 is 1.30 bits per heavy atom. The summed E-state index contributed by atoms with van der Waals surface area (Å²) in [7, 11) is 1.51. The molecule has 4 nitrogen and oxygen atoms in total. The molecule has 0 aliphatic carbocycles. The van der Waals surface area contributed by atoms with Crippen molar-refractivity contribution in [2.45, 2.75) is 0 Å². The van der Waals surface area contributed by atoms with Crippen molar-refractivity contribution in [1.82, 2.24) is 9.97 Å². The van der Waals surface area contributed by atoms with Crippen LogP contribution in [0.5, 0.6) is 5.75 Å². The van der Waals surface area contributed by atoms with Gasteiger partial charge in [-0.1, -0.05) is 11.6 Å². The molecular formula is C15H11ClN2O2. The zero-order chi connectivity index (χ0) is 14.1. The Hall–Kier alpha value is -2.33. The molecule has 3 rings (SSSR count). The second kappa shape index (κ2) is 4.98. The third-order valence-corrected chi connectivity index (χ3v) is 3.37. The standard InChI is InChI=1S/C15H11ClN2O2/c1-20-14-6-9(16)2-3-10(14)15(19)12-8-18-13-4-5-17-7-11(12)13/h2-8,18H,1H3. The highest BCUT2D eigenvalue weighted by Gasteiger charge is 2.18. The number of benzene rings is 1. The van der Waals surface area contributed by atoms with Crippen molar-refractivity contribution in [2.24, 2.45) is 0 Å². The van der Waals surface area contributed by atoms with Crippen molar-refractivity contribution >= 4 is 28.3 Å². The maximum Gasteiger partial charge on any atom is 0.198 e. The van der Waals surface area contributed by atoms with Crippen LogP contribution in [0.3, 0.4) is 0 Å².